The monoisotopic (exact) mass is 289 g/mol. The van der Waals surface area contributed by atoms with E-state index in [1.807, 2.05) is 0 Å². The maximum Gasteiger partial charge on any atom is 0.125 e. The third-order valence-corrected chi connectivity index (χ3v) is 2.81. The minimum Gasteiger partial charge on any atom is -0.490 e. The molecule has 0 heterocycles. The quantitative estimate of drug-likeness (QED) is 0.668. The number of nitrogens with two attached hydrogens (primary N) is 1. The highest BCUT2D eigenvalue weighted by Gasteiger charge is 2.10. The van der Waals surface area contributed by atoms with E-state index in [-0.39, 0.29) is 19.8 Å². The zero-order valence-electron chi connectivity index (χ0n) is 11.0. The highest BCUT2D eigenvalue weighted by atomic mass is 35.5. The second kappa shape index (κ2) is 9.12. The fourth-order valence-corrected chi connectivity index (χ4v) is 1.71. The molecular formula is C13H20ClNO4. The third kappa shape index (κ3) is 5.76. The van der Waals surface area contributed by atoms with E-state index in [0.29, 0.717) is 24.0 Å². The van der Waals surface area contributed by atoms with Crippen molar-refractivity contribution in [1.29, 1.82) is 0 Å². The smallest absolute Gasteiger partial charge is 0.125 e. The van der Waals surface area contributed by atoms with E-state index >= 15 is 0 Å². The Morgan fingerprint density at radius 1 is 1.32 bits per heavy atom. The van der Waals surface area contributed by atoms with Crippen LogP contribution >= 0.6 is 11.6 Å². The second-order valence-electron chi connectivity index (χ2n) is 3.95. The Morgan fingerprint density at radius 2 is 2.11 bits per heavy atom. The molecule has 1 aromatic rings. The fraction of sp³-hybridized carbons (Fsp3) is 0.538. The number of halogens is 1. The predicted octanol–water partition coefficient (Wildman–Crippen LogP) is 1.20. The minimum absolute atomic E-state index is 0.125. The third-order valence-electron chi connectivity index (χ3n) is 2.45. The number of ether oxygens (including phenoxy) is 3. The second-order valence-corrected chi connectivity index (χ2v) is 4.36. The summed E-state index contributed by atoms with van der Waals surface area (Å²) in [5.41, 5.74) is 6.34. The van der Waals surface area contributed by atoms with Crippen LogP contribution in [0.5, 0.6) is 5.75 Å². The molecule has 0 saturated carbocycles. The van der Waals surface area contributed by atoms with Crippen molar-refractivity contribution in [3.8, 4) is 5.75 Å². The summed E-state index contributed by atoms with van der Waals surface area (Å²) < 4.78 is 15.5. The Balaban J connectivity index is 2.37. The van der Waals surface area contributed by atoms with Gasteiger partial charge < -0.3 is 25.1 Å². The van der Waals surface area contributed by atoms with Gasteiger partial charge in [-0.3, -0.25) is 0 Å². The fourth-order valence-electron chi connectivity index (χ4n) is 1.47. The predicted molar refractivity (Wildman–Crippen MR) is 73.5 cm³/mol. The summed E-state index contributed by atoms with van der Waals surface area (Å²) in [4.78, 5) is 0. The Bertz CT molecular complexity index is 376. The Kier molecular flexibility index (Phi) is 7.78. The van der Waals surface area contributed by atoms with Gasteiger partial charge in [-0.1, -0.05) is 17.7 Å². The summed E-state index contributed by atoms with van der Waals surface area (Å²) in [6.07, 6.45) is -0.707. The van der Waals surface area contributed by atoms with Crippen LogP contribution in [-0.2, 0) is 16.0 Å². The molecule has 0 aliphatic rings. The Morgan fingerprint density at radius 3 is 2.79 bits per heavy atom. The molecule has 0 aliphatic heterocycles. The van der Waals surface area contributed by atoms with E-state index in [0.717, 1.165) is 5.56 Å². The lowest BCUT2D eigenvalue weighted by atomic mass is 10.2. The van der Waals surface area contributed by atoms with E-state index in [1.54, 1.807) is 25.3 Å². The first kappa shape index (κ1) is 16.2. The molecule has 1 aromatic carbocycles. The molecule has 0 radical (unpaired) electrons. The maximum absolute atomic E-state index is 9.69. The molecule has 108 valence electrons. The van der Waals surface area contributed by atoms with Crippen LogP contribution in [0.3, 0.4) is 0 Å². The highest BCUT2D eigenvalue weighted by Crippen LogP contribution is 2.25. The molecule has 0 aromatic heterocycles. The zero-order chi connectivity index (χ0) is 14.1. The van der Waals surface area contributed by atoms with Crippen LogP contribution in [0, 0.1) is 0 Å². The van der Waals surface area contributed by atoms with Crippen molar-refractivity contribution >= 4 is 11.6 Å². The van der Waals surface area contributed by atoms with Gasteiger partial charge in [0.15, 0.2) is 0 Å². The number of aliphatic hydroxyl groups excluding tert-OH is 1. The standard InChI is InChI=1S/C13H20ClNO4/c1-17-5-6-18-8-10(16)9-19-13-4-2-3-12(14)11(13)7-15/h2-4,10,16H,5-9,15H2,1H3. The molecule has 0 aliphatic carbocycles. The van der Waals surface area contributed by atoms with Gasteiger partial charge in [0.25, 0.3) is 0 Å². The molecule has 6 heteroatoms. The van der Waals surface area contributed by atoms with Crippen LogP contribution in [0.15, 0.2) is 18.2 Å². The maximum atomic E-state index is 9.69. The van der Waals surface area contributed by atoms with Gasteiger partial charge in [0.1, 0.15) is 18.5 Å². The molecule has 0 amide bonds. The normalized spacial score (nSPS) is 12.4. The topological polar surface area (TPSA) is 73.9 Å². The lowest BCUT2D eigenvalue weighted by Crippen LogP contribution is -2.24. The molecule has 19 heavy (non-hydrogen) atoms. The van der Waals surface area contributed by atoms with Crippen molar-refractivity contribution in [2.75, 3.05) is 33.5 Å². The van der Waals surface area contributed by atoms with Crippen molar-refractivity contribution in [3.63, 3.8) is 0 Å². The number of methoxy groups -OCH3 is 1. The Hall–Kier alpha value is -0.850. The lowest BCUT2D eigenvalue weighted by molar-refractivity contribution is -0.00431. The van der Waals surface area contributed by atoms with Crippen molar-refractivity contribution < 1.29 is 19.3 Å². The van der Waals surface area contributed by atoms with E-state index in [9.17, 15) is 5.11 Å². The molecule has 0 bridgehead atoms. The summed E-state index contributed by atoms with van der Waals surface area (Å²) in [7, 11) is 1.59. The van der Waals surface area contributed by atoms with Gasteiger partial charge in [0, 0.05) is 24.2 Å². The van der Waals surface area contributed by atoms with Crippen molar-refractivity contribution in [3.05, 3.63) is 28.8 Å². The van der Waals surface area contributed by atoms with Gasteiger partial charge >= 0.3 is 0 Å². The SMILES string of the molecule is COCCOCC(O)COc1cccc(Cl)c1CN. The van der Waals surface area contributed by atoms with Crippen LogP contribution in [-0.4, -0.2) is 44.7 Å². The molecule has 0 fully saturated rings. The molecule has 5 nitrogen and oxygen atoms in total. The summed E-state index contributed by atoms with van der Waals surface area (Å²) in [5, 5.41) is 10.2. The molecular weight excluding hydrogens is 270 g/mol. The van der Waals surface area contributed by atoms with Crippen molar-refractivity contribution in [1.82, 2.24) is 0 Å². The van der Waals surface area contributed by atoms with Crippen molar-refractivity contribution in [2.45, 2.75) is 12.6 Å². The van der Waals surface area contributed by atoms with Gasteiger partial charge in [-0.25, -0.2) is 0 Å². The van der Waals surface area contributed by atoms with Gasteiger partial charge in [-0.15, -0.1) is 0 Å². The minimum atomic E-state index is -0.707. The van der Waals surface area contributed by atoms with Crippen molar-refractivity contribution in [2.24, 2.45) is 5.73 Å². The first-order valence-corrected chi connectivity index (χ1v) is 6.41. The molecule has 1 unspecified atom stereocenters. The van der Waals surface area contributed by atoms with E-state index in [1.165, 1.54) is 0 Å². The van der Waals surface area contributed by atoms with Gasteiger partial charge in [-0.2, -0.15) is 0 Å². The first-order valence-electron chi connectivity index (χ1n) is 6.04. The summed E-state index contributed by atoms with van der Waals surface area (Å²) in [5.74, 6) is 0.589. The van der Waals surface area contributed by atoms with Crippen LogP contribution in [0.1, 0.15) is 5.56 Å². The van der Waals surface area contributed by atoms with E-state index in [4.69, 9.17) is 31.5 Å². The summed E-state index contributed by atoms with van der Waals surface area (Å²) in [6.45, 7) is 1.55. The van der Waals surface area contributed by atoms with Gasteiger partial charge in [0.2, 0.25) is 0 Å². The highest BCUT2D eigenvalue weighted by molar-refractivity contribution is 6.31. The van der Waals surface area contributed by atoms with Crippen LogP contribution < -0.4 is 10.5 Å². The number of benzene rings is 1. The lowest BCUT2D eigenvalue weighted by Gasteiger charge is -2.15. The molecule has 1 rings (SSSR count). The Labute approximate surface area is 118 Å². The van der Waals surface area contributed by atoms with Crippen LogP contribution in [0.2, 0.25) is 5.02 Å². The zero-order valence-corrected chi connectivity index (χ0v) is 11.7. The average Bonchev–Trinajstić information content (AvgIpc) is 2.41. The molecule has 3 N–H and O–H groups in total. The van der Waals surface area contributed by atoms with Crippen LogP contribution in [0.25, 0.3) is 0 Å². The first-order chi connectivity index (χ1) is 9.19. The summed E-state index contributed by atoms with van der Waals surface area (Å²) in [6, 6.07) is 5.30. The van der Waals surface area contributed by atoms with Crippen LogP contribution in [0.4, 0.5) is 0 Å². The molecule has 0 spiro atoms. The average molecular weight is 290 g/mol. The number of hydrogen-bond acceptors (Lipinski definition) is 5. The molecule has 1 atom stereocenters. The number of aliphatic hydroxyl groups is 1. The van der Waals surface area contributed by atoms with E-state index in [2.05, 4.69) is 0 Å². The van der Waals surface area contributed by atoms with Gasteiger partial charge in [0.05, 0.1) is 19.8 Å². The molecule has 0 saturated heterocycles. The van der Waals surface area contributed by atoms with Gasteiger partial charge in [-0.05, 0) is 12.1 Å². The number of rotatable bonds is 9. The largest absolute Gasteiger partial charge is 0.490 e. The summed E-state index contributed by atoms with van der Waals surface area (Å²) >= 11 is 6.00. The number of hydrogen-bond donors (Lipinski definition) is 2. The van der Waals surface area contributed by atoms with E-state index < -0.39 is 6.10 Å².